The summed E-state index contributed by atoms with van der Waals surface area (Å²) >= 11 is 5.98. The van der Waals surface area contributed by atoms with E-state index in [9.17, 15) is 0 Å². The van der Waals surface area contributed by atoms with Crippen molar-refractivity contribution in [1.82, 2.24) is 19.5 Å². The molecule has 2 aromatic heterocycles. The molecule has 2 rings (SSSR count). The van der Waals surface area contributed by atoms with Crippen LogP contribution in [0.25, 0.3) is 5.82 Å². The van der Waals surface area contributed by atoms with Crippen molar-refractivity contribution in [3.05, 3.63) is 28.9 Å². The number of hydrogen-bond acceptors (Lipinski definition) is 4. The van der Waals surface area contributed by atoms with Gasteiger partial charge in [-0.3, -0.25) is 4.57 Å². The van der Waals surface area contributed by atoms with Crippen molar-refractivity contribution in [3.63, 3.8) is 0 Å². The molecule has 2 N–H and O–H groups in total. The highest BCUT2D eigenvalue weighted by molar-refractivity contribution is 6.32. The number of halogens is 1. The first-order valence-corrected chi connectivity index (χ1v) is 4.76. The molecule has 0 radical (unpaired) electrons. The molecule has 5 nitrogen and oxygen atoms in total. The first-order chi connectivity index (χ1) is 7.09. The Hall–Kier alpha value is -1.62. The third-order valence-electron chi connectivity index (χ3n) is 2.22. The highest BCUT2D eigenvalue weighted by atomic mass is 35.5. The largest absolute Gasteiger partial charge is 0.368 e. The number of aromatic nitrogens is 4. The van der Waals surface area contributed by atoms with Gasteiger partial charge in [-0.05, 0) is 13.8 Å². The number of anilines is 1. The van der Waals surface area contributed by atoms with Gasteiger partial charge in [-0.1, -0.05) is 11.6 Å². The Kier molecular flexibility index (Phi) is 2.32. The Labute approximate surface area is 91.9 Å². The van der Waals surface area contributed by atoms with E-state index in [1.807, 2.05) is 13.8 Å². The van der Waals surface area contributed by atoms with Gasteiger partial charge in [0.15, 0.2) is 5.82 Å². The Morgan fingerprint density at radius 2 is 2.07 bits per heavy atom. The van der Waals surface area contributed by atoms with Crippen molar-refractivity contribution in [2.24, 2.45) is 0 Å². The molecule has 6 heteroatoms. The molecule has 0 bridgehead atoms. The second kappa shape index (κ2) is 3.51. The van der Waals surface area contributed by atoms with Crippen LogP contribution in [0.4, 0.5) is 5.95 Å². The minimum atomic E-state index is 0.195. The molecule has 0 saturated carbocycles. The smallest absolute Gasteiger partial charge is 0.222 e. The molecule has 0 aromatic carbocycles. The van der Waals surface area contributed by atoms with Crippen molar-refractivity contribution < 1.29 is 0 Å². The predicted octanol–water partition coefficient (Wildman–Crippen LogP) is 1.51. The van der Waals surface area contributed by atoms with Crippen molar-refractivity contribution in [2.45, 2.75) is 13.8 Å². The van der Waals surface area contributed by atoms with Gasteiger partial charge in [0.25, 0.3) is 0 Å². The second-order valence-corrected chi connectivity index (χ2v) is 3.59. The third kappa shape index (κ3) is 1.66. The fourth-order valence-electron chi connectivity index (χ4n) is 1.25. The normalized spacial score (nSPS) is 10.6. The van der Waals surface area contributed by atoms with E-state index in [-0.39, 0.29) is 5.95 Å². The molecule has 0 fully saturated rings. The molecular formula is C9H10ClN5. The number of imidazole rings is 1. The summed E-state index contributed by atoms with van der Waals surface area (Å²) in [6.45, 7) is 3.86. The van der Waals surface area contributed by atoms with Crippen LogP contribution >= 0.6 is 11.6 Å². The van der Waals surface area contributed by atoms with Gasteiger partial charge in [0.05, 0.1) is 11.9 Å². The molecule has 0 aliphatic rings. The SMILES string of the molecule is Cc1ncn(-c2nc(N)ncc2Cl)c1C. The molecule has 0 unspecified atom stereocenters. The van der Waals surface area contributed by atoms with Gasteiger partial charge in [-0.2, -0.15) is 4.98 Å². The predicted molar refractivity (Wildman–Crippen MR) is 58.1 cm³/mol. The van der Waals surface area contributed by atoms with Crippen LogP contribution < -0.4 is 5.73 Å². The van der Waals surface area contributed by atoms with E-state index in [0.717, 1.165) is 11.4 Å². The maximum absolute atomic E-state index is 5.98. The molecule has 0 aliphatic carbocycles. The summed E-state index contributed by atoms with van der Waals surface area (Å²) < 4.78 is 1.79. The molecular weight excluding hydrogens is 214 g/mol. The Bertz CT molecular complexity index is 505. The van der Waals surface area contributed by atoms with Gasteiger partial charge in [-0.25, -0.2) is 9.97 Å². The van der Waals surface area contributed by atoms with Crippen molar-refractivity contribution in [3.8, 4) is 5.82 Å². The lowest BCUT2D eigenvalue weighted by Gasteiger charge is -2.06. The minimum absolute atomic E-state index is 0.195. The lowest BCUT2D eigenvalue weighted by atomic mass is 10.4. The van der Waals surface area contributed by atoms with Crippen molar-refractivity contribution in [1.29, 1.82) is 0 Å². The van der Waals surface area contributed by atoms with Gasteiger partial charge in [0.2, 0.25) is 5.95 Å². The van der Waals surface area contributed by atoms with E-state index in [1.165, 1.54) is 6.20 Å². The van der Waals surface area contributed by atoms with Crippen LogP contribution in [0.1, 0.15) is 11.4 Å². The summed E-state index contributed by atoms with van der Waals surface area (Å²) in [5.74, 6) is 0.752. The summed E-state index contributed by atoms with van der Waals surface area (Å²) in [7, 11) is 0. The van der Waals surface area contributed by atoms with Gasteiger partial charge in [0.1, 0.15) is 11.3 Å². The number of hydrogen-bond donors (Lipinski definition) is 1. The zero-order valence-electron chi connectivity index (χ0n) is 8.40. The highest BCUT2D eigenvalue weighted by Gasteiger charge is 2.10. The van der Waals surface area contributed by atoms with Crippen LogP contribution in [0.5, 0.6) is 0 Å². The number of rotatable bonds is 1. The lowest BCUT2D eigenvalue weighted by molar-refractivity contribution is 0.940. The van der Waals surface area contributed by atoms with Crippen LogP contribution in [0.3, 0.4) is 0 Å². The van der Waals surface area contributed by atoms with Crippen LogP contribution in [0, 0.1) is 13.8 Å². The molecule has 15 heavy (non-hydrogen) atoms. The summed E-state index contributed by atoms with van der Waals surface area (Å²) in [6, 6.07) is 0. The van der Waals surface area contributed by atoms with Crippen LogP contribution in [0.2, 0.25) is 5.02 Å². The Morgan fingerprint density at radius 3 is 2.67 bits per heavy atom. The van der Waals surface area contributed by atoms with Crippen molar-refractivity contribution in [2.75, 3.05) is 5.73 Å². The van der Waals surface area contributed by atoms with E-state index < -0.39 is 0 Å². The molecule has 0 amide bonds. The summed E-state index contributed by atoms with van der Waals surface area (Å²) in [5, 5.41) is 0.449. The molecule has 0 aliphatic heterocycles. The fourth-order valence-corrected chi connectivity index (χ4v) is 1.43. The van der Waals surface area contributed by atoms with Crippen LogP contribution in [-0.4, -0.2) is 19.5 Å². The summed E-state index contributed by atoms with van der Waals surface area (Å²) in [5.41, 5.74) is 7.42. The van der Waals surface area contributed by atoms with E-state index in [1.54, 1.807) is 10.9 Å². The standard InChI is InChI=1S/C9H10ClN5/c1-5-6(2)15(4-13-5)8-7(10)3-12-9(11)14-8/h3-4H,1-2H3,(H2,11,12,14). The molecule has 2 heterocycles. The zero-order valence-corrected chi connectivity index (χ0v) is 9.15. The van der Waals surface area contributed by atoms with Gasteiger partial charge < -0.3 is 5.73 Å². The topological polar surface area (TPSA) is 69.6 Å². The average Bonchev–Trinajstić information content (AvgIpc) is 2.52. The molecule has 2 aromatic rings. The van der Waals surface area contributed by atoms with E-state index in [2.05, 4.69) is 15.0 Å². The quantitative estimate of drug-likeness (QED) is 0.796. The highest BCUT2D eigenvalue weighted by Crippen LogP contribution is 2.20. The maximum Gasteiger partial charge on any atom is 0.222 e. The van der Waals surface area contributed by atoms with E-state index in [4.69, 9.17) is 17.3 Å². The summed E-state index contributed by atoms with van der Waals surface area (Å²) in [6.07, 6.45) is 3.15. The molecule has 0 spiro atoms. The lowest BCUT2D eigenvalue weighted by Crippen LogP contribution is -2.04. The number of aryl methyl sites for hydroxylation is 1. The van der Waals surface area contributed by atoms with E-state index >= 15 is 0 Å². The Morgan fingerprint density at radius 1 is 1.33 bits per heavy atom. The number of nitrogen functional groups attached to an aromatic ring is 1. The second-order valence-electron chi connectivity index (χ2n) is 3.19. The zero-order chi connectivity index (χ0) is 11.0. The number of nitrogens with zero attached hydrogens (tertiary/aromatic N) is 4. The third-order valence-corrected chi connectivity index (χ3v) is 2.49. The Balaban J connectivity index is 2.63. The number of nitrogens with two attached hydrogens (primary N) is 1. The maximum atomic E-state index is 5.98. The molecule has 0 saturated heterocycles. The molecule has 78 valence electrons. The van der Waals surface area contributed by atoms with Gasteiger partial charge >= 0.3 is 0 Å². The van der Waals surface area contributed by atoms with E-state index in [0.29, 0.717) is 10.8 Å². The van der Waals surface area contributed by atoms with Gasteiger partial charge in [0, 0.05) is 5.69 Å². The monoisotopic (exact) mass is 223 g/mol. The van der Waals surface area contributed by atoms with Crippen LogP contribution in [0.15, 0.2) is 12.5 Å². The summed E-state index contributed by atoms with van der Waals surface area (Å²) in [4.78, 5) is 12.0. The first kappa shape index (κ1) is 9.92. The van der Waals surface area contributed by atoms with Crippen LogP contribution in [-0.2, 0) is 0 Å². The van der Waals surface area contributed by atoms with Crippen molar-refractivity contribution >= 4 is 17.5 Å². The van der Waals surface area contributed by atoms with Gasteiger partial charge in [-0.15, -0.1) is 0 Å². The minimum Gasteiger partial charge on any atom is -0.368 e. The first-order valence-electron chi connectivity index (χ1n) is 4.38. The fraction of sp³-hybridized carbons (Fsp3) is 0.222. The molecule has 0 atom stereocenters. The average molecular weight is 224 g/mol.